The molecule has 0 aliphatic rings. The van der Waals surface area contributed by atoms with Crippen molar-refractivity contribution in [3.63, 3.8) is 0 Å². The van der Waals surface area contributed by atoms with Crippen LogP contribution < -0.4 is 0 Å². The second-order valence-corrected chi connectivity index (χ2v) is 0. The van der Waals surface area contributed by atoms with Crippen molar-refractivity contribution in [1.82, 2.24) is 0 Å². The summed E-state index contributed by atoms with van der Waals surface area (Å²) in [6.07, 6.45) is 1.58. The van der Waals surface area contributed by atoms with E-state index in [1.807, 2.05) is 0 Å². The van der Waals surface area contributed by atoms with Gasteiger partial charge in [0, 0.05) is 0 Å². The van der Waals surface area contributed by atoms with Gasteiger partial charge in [0.25, 0.3) is 0 Å². The first-order valence-electron chi connectivity index (χ1n) is 0.880. The molecule has 0 saturated carbocycles. The zero-order valence-electron chi connectivity index (χ0n) is 5.89. The maximum atomic E-state index is 7.75. The molecule has 0 radical (unpaired) electrons. The van der Waals surface area contributed by atoms with E-state index in [1.165, 1.54) is 0 Å². The number of nitrogens with two attached hydrogens (primary N) is 2. The molecule has 0 aromatic rings. The molecule has 64 valence electrons. The third-order valence-corrected chi connectivity index (χ3v) is 0. The first-order valence-corrected chi connectivity index (χ1v) is 1.70. The Morgan fingerprint density at radius 1 is 0.900 bits per heavy atom. The first-order chi connectivity index (χ1) is 3.00. The van der Waals surface area contributed by atoms with Crippen LogP contribution in [0, 0.1) is 7.43 Å². The van der Waals surface area contributed by atoms with Gasteiger partial charge >= 0.3 is 17.1 Å². The van der Waals surface area contributed by atoms with Crippen LogP contribution in [0.15, 0.2) is 0 Å². The van der Waals surface area contributed by atoms with E-state index in [0.717, 1.165) is 0 Å². The molecule has 0 atom stereocenters. The molecule has 0 aliphatic heterocycles. The van der Waals surface area contributed by atoms with Gasteiger partial charge in [0.2, 0.25) is 0 Å². The molecular weight excluding hydrogens is 196 g/mol. The Morgan fingerprint density at radius 3 is 0.900 bits per heavy atom. The normalized spacial score (nSPS) is 1.40. The number of carbonyl (C=O) groups excluding carboxylic acids is 2. The topological polar surface area (TPSA) is 101 Å². The van der Waals surface area contributed by atoms with E-state index in [-0.39, 0.29) is 36.8 Å². The minimum Gasteiger partial charge on any atom is -0.796 e. The van der Waals surface area contributed by atoms with Crippen LogP contribution in [0.25, 0.3) is 12.3 Å². The van der Waals surface area contributed by atoms with Gasteiger partial charge < -0.3 is 41.9 Å². The fourth-order valence-electron chi connectivity index (χ4n) is 0. The Kier molecular flexibility index (Phi) is 310000. The molecule has 0 heterocycles. The Balaban J connectivity index is -0.00000000225. The standard InChI is InChI=1S/2CHO.CH4S.CH3.Fe.2H2N/c3*1-2;;;;/h2*1H;2H,1H3;1H3;;2*1H2/q2*-1;;-1;+6;2*-1/p-1. The quantitative estimate of drug-likeness (QED) is 0.261. The van der Waals surface area contributed by atoms with Gasteiger partial charge in [0.05, 0.1) is 0 Å². The smallest absolute Gasteiger partial charge is 0.796 e. The fourth-order valence-corrected chi connectivity index (χ4v) is 0. The van der Waals surface area contributed by atoms with Crippen molar-refractivity contribution in [2.24, 2.45) is 0 Å². The molecule has 0 amide bonds. The van der Waals surface area contributed by atoms with E-state index in [0.29, 0.717) is 0 Å². The van der Waals surface area contributed by atoms with Gasteiger partial charge in [-0.1, -0.05) is 0 Å². The second kappa shape index (κ2) is 36000. The van der Waals surface area contributed by atoms with Gasteiger partial charge in [-0.15, -0.1) is 0 Å². The largest absolute Gasteiger partial charge is 6.00 e. The minimum absolute atomic E-state index is 0. The zero-order chi connectivity index (χ0) is 6.00. The summed E-state index contributed by atoms with van der Waals surface area (Å²) < 4.78 is 0. The Morgan fingerprint density at radius 2 is 0.900 bits per heavy atom. The predicted molar refractivity (Wildman–Crippen MR) is 43.8 cm³/mol. The molecule has 10 heavy (non-hydrogen) atoms. The SMILES string of the molecule is C[S-].[CH-]=O.[CH-]=O.[CH3-].[Fe+6].[NH2-].[NH2-]. The molecule has 0 unspecified atom stereocenters. The van der Waals surface area contributed by atoms with Crippen molar-refractivity contribution < 1.29 is 26.7 Å². The summed E-state index contributed by atoms with van der Waals surface area (Å²) in [7, 11) is 0. The predicted octanol–water partition coefficient (Wildman–Crippen LogP) is 1.50. The van der Waals surface area contributed by atoms with Gasteiger partial charge in [-0.3, -0.25) is 13.6 Å². The summed E-state index contributed by atoms with van der Waals surface area (Å²) in [4.78, 5) is 15.5. The average Bonchev–Trinajstić information content (AvgIpc) is 1.81. The minimum atomic E-state index is 0. The van der Waals surface area contributed by atoms with Crippen molar-refractivity contribution in [3.8, 4) is 0 Å². The van der Waals surface area contributed by atoms with Crippen molar-refractivity contribution >= 4 is 26.2 Å². The second-order valence-electron chi connectivity index (χ2n) is 0. The summed E-state index contributed by atoms with van der Waals surface area (Å²) in [6.45, 7) is 6.50. The van der Waals surface area contributed by atoms with E-state index >= 15 is 0 Å². The molecule has 0 bridgehead atoms. The zero-order valence-corrected chi connectivity index (χ0v) is 7.81. The van der Waals surface area contributed by atoms with E-state index in [9.17, 15) is 0 Å². The van der Waals surface area contributed by atoms with Gasteiger partial charge in [-0.25, -0.2) is 0 Å². The average molecular weight is 208 g/mol. The van der Waals surface area contributed by atoms with Crippen LogP contribution in [0.5, 0.6) is 0 Å². The Labute approximate surface area is 79.2 Å². The summed E-state index contributed by atoms with van der Waals surface area (Å²) in [5.41, 5.74) is 0. The monoisotopic (exact) mass is 208 g/mol. The summed E-state index contributed by atoms with van der Waals surface area (Å²) in [6, 6.07) is 0. The fraction of sp³-hybridized carbons (Fsp3) is 0.250. The van der Waals surface area contributed by atoms with E-state index in [2.05, 4.69) is 26.2 Å². The van der Waals surface area contributed by atoms with Gasteiger partial charge in [0.15, 0.2) is 0 Å². The molecule has 0 aromatic carbocycles. The maximum Gasteiger partial charge on any atom is 6.00 e. The van der Waals surface area contributed by atoms with Crippen LogP contribution in [0.2, 0.25) is 0 Å². The van der Waals surface area contributed by atoms with Crippen LogP contribution in [-0.4, -0.2) is 19.8 Å². The van der Waals surface area contributed by atoms with Crippen molar-refractivity contribution in [1.29, 1.82) is 0 Å². The molecule has 4 nitrogen and oxygen atoms in total. The van der Waals surface area contributed by atoms with Gasteiger partial charge in [-0.2, -0.15) is 6.26 Å². The van der Waals surface area contributed by atoms with Crippen molar-refractivity contribution in [2.45, 2.75) is 0 Å². The van der Waals surface area contributed by atoms with Crippen LogP contribution in [0.3, 0.4) is 0 Å². The molecule has 0 aliphatic carbocycles. The molecule has 4 N–H and O–H groups in total. The molecule has 6 heteroatoms. The number of rotatable bonds is 0. The molecule has 0 aromatic heterocycles. The molecule has 0 rings (SSSR count). The molecular formula is C4H12FeN2O2S. The van der Waals surface area contributed by atoms with Crippen molar-refractivity contribution in [2.75, 3.05) is 6.26 Å². The maximum absolute atomic E-state index is 7.75. The summed E-state index contributed by atoms with van der Waals surface area (Å²) in [5.74, 6) is 0. The van der Waals surface area contributed by atoms with E-state index < -0.39 is 0 Å². The van der Waals surface area contributed by atoms with E-state index in [1.54, 1.807) is 6.26 Å². The first kappa shape index (κ1) is 86.2. The number of hydrogen-bond acceptors (Lipinski definition) is 3. The van der Waals surface area contributed by atoms with Gasteiger partial charge in [0.1, 0.15) is 0 Å². The van der Waals surface area contributed by atoms with Crippen LogP contribution in [-0.2, 0) is 39.3 Å². The Bertz CT molecular complexity index is 23.2. The third-order valence-electron chi connectivity index (χ3n) is 0. The molecule has 0 saturated heterocycles. The molecule has 0 spiro atoms. The Hall–Kier alpha value is 0.129. The molecule has 0 fully saturated rings. The summed E-state index contributed by atoms with van der Waals surface area (Å²) in [5, 5.41) is 0. The number of hydrogen-bond donors (Lipinski definition) is 0. The van der Waals surface area contributed by atoms with Crippen molar-refractivity contribution in [3.05, 3.63) is 19.7 Å². The summed E-state index contributed by atoms with van der Waals surface area (Å²) >= 11 is 4.08. The third kappa shape index (κ3) is 24600. The van der Waals surface area contributed by atoms with E-state index in [4.69, 9.17) is 9.59 Å². The van der Waals surface area contributed by atoms with Crippen LogP contribution in [0.4, 0.5) is 0 Å². The van der Waals surface area contributed by atoms with Crippen LogP contribution >= 0.6 is 0 Å². The van der Waals surface area contributed by atoms with Crippen LogP contribution in [0.1, 0.15) is 0 Å². The van der Waals surface area contributed by atoms with Gasteiger partial charge in [-0.05, 0) is 0 Å².